The van der Waals surface area contributed by atoms with Gasteiger partial charge in [-0.1, -0.05) is 0 Å². The van der Waals surface area contributed by atoms with Crippen molar-refractivity contribution in [2.45, 2.75) is 37.6 Å². The van der Waals surface area contributed by atoms with Crippen LogP contribution in [0, 0.1) is 0 Å². The van der Waals surface area contributed by atoms with Gasteiger partial charge in [0.1, 0.15) is 17.5 Å². The first-order chi connectivity index (χ1) is 8.31. The predicted octanol–water partition coefficient (Wildman–Crippen LogP) is 2.24. The standard InChI is InChI=1S/C12H18N4S/c13-10-7-11(14-9-3-5-17-6-4-9)16-12(15-10)8-1-2-8/h7-9H,1-6H2,(H3,13,14,15,16). The van der Waals surface area contributed by atoms with Crippen LogP contribution < -0.4 is 11.1 Å². The maximum absolute atomic E-state index is 5.83. The van der Waals surface area contributed by atoms with Gasteiger partial charge >= 0.3 is 0 Å². The SMILES string of the molecule is Nc1cc(NC2CCSCC2)nc(C2CC2)n1. The van der Waals surface area contributed by atoms with Gasteiger partial charge in [-0.25, -0.2) is 9.97 Å². The highest BCUT2D eigenvalue weighted by atomic mass is 32.2. The molecular weight excluding hydrogens is 232 g/mol. The van der Waals surface area contributed by atoms with Gasteiger partial charge in [0, 0.05) is 18.0 Å². The van der Waals surface area contributed by atoms with Crippen LogP contribution in [-0.2, 0) is 0 Å². The lowest BCUT2D eigenvalue weighted by atomic mass is 10.1. The highest BCUT2D eigenvalue weighted by Gasteiger charge is 2.27. The minimum absolute atomic E-state index is 0.553. The number of hydrogen-bond donors (Lipinski definition) is 2. The number of thioether (sulfide) groups is 1. The predicted molar refractivity (Wildman–Crippen MR) is 72.4 cm³/mol. The van der Waals surface area contributed by atoms with Crippen molar-refractivity contribution in [2.75, 3.05) is 22.6 Å². The van der Waals surface area contributed by atoms with E-state index < -0.39 is 0 Å². The summed E-state index contributed by atoms with van der Waals surface area (Å²) in [4.78, 5) is 8.89. The summed E-state index contributed by atoms with van der Waals surface area (Å²) in [5.74, 6) is 5.48. The van der Waals surface area contributed by atoms with Crippen LogP contribution in [0.15, 0.2) is 6.07 Å². The highest BCUT2D eigenvalue weighted by Crippen LogP contribution is 2.38. The number of hydrogen-bond acceptors (Lipinski definition) is 5. The number of aromatic nitrogens is 2. The van der Waals surface area contributed by atoms with E-state index in [1.54, 1.807) is 0 Å². The third-order valence-electron chi connectivity index (χ3n) is 3.28. The molecule has 1 aliphatic carbocycles. The zero-order valence-corrected chi connectivity index (χ0v) is 10.7. The van der Waals surface area contributed by atoms with Crippen molar-refractivity contribution in [3.05, 3.63) is 11.9 Å². The van der Waals surface area contributed by atoms with Gasteiger partial charge in [0.25, 0.3) is 0 Å². The molecule has 92 valence electrons. The first-order valence-corrected chi connectivity index (χ1v) is 7.45. The van der Waals surface area contributed by atoms with Crippen molar-refractivity contribution >= 4 is 23.4 Å². The second-order valence-electron chi connectivity index (χ2n) is 4.84. The van der Waals surface area contributed by atoms with E-state index in [4.69, 9.17) is 5.73 Å². The summed E-state index contributed by atoms with van der Waals surface area (Å²) in [5, 5.41) is 3.50. The molecule has 1 saturated heterocycles. The topological polar surface area (TPSA) is 63.8 Å². The Morgan fingerprint density at radius 1 is 1.18 bits per heavy atom. The van der Waals surface area contributed by atoms with E-state index in [2.05, 4.69) is 15.3 Å². The number of anilines is 2. The van der Waals surface area contributed by atoms with Crippen LogP contribution in [0.4, 0.5) is 11.6 Å². The first-order valence-electron chi connectivity index (χ1n) is 6.30. The molecule has 2 heterocycles. The maximum atomic E-state index is 5.83. The van der Waals surface area contributed by atoms with Gasteiger partial charge in [-0.05, 0) is 37.2 Å². The summed E-state index contributed by atoms with van der Waals surface area (Å²) in [5.41, 5.74) is 5.83. The van der Waals surface area contributed by atoms with Gasteiger partial charge in [-0.2, -0.15) is 11.8 Å². The van der Waals surface area contributed by atoms with Crippen molar-refractivity contribution in [3.63, 3.8) is 0 Å². The van der Waals surface area contributed by atoms with Gasteiger partial charge in [0.2, 0.25) is 0 Å². The Hall–Kier alpha value is -0.970. The fourth-order valence-corrected chi connectivity index (χ4v) is 3.24. The molecule has 3 N–H and O–H groups in total. The Morgan fingerprint density at radius 2 is 1.94 bits per heavy atom. The lowest BCUT2D eigenvalue weighted by Crippen LogP contribution is -2.25. The molecular formula is C12H18N4S. The fourth-order valence-electron chi connectivity index (χ4n) is 2.13. The summed E-state index contributed by atoms with van der Waals surface area (Å²) in [6, 6.07) is 2.41. The number of nitrogen functional groups attached to an aromatic ring is 1. The molecule has 0 aromatic carbocycles. The number of nitrogens with two attached hydrogens (primary N) is 1. The lowest BCUT2D eigenvalue weighted by Gasteiger charge is -2.23. The van der Waals surface area contributed by atoms with E-state index in [1.807, 2.05) is 17.8 Å². The smallest absolute Gasteiger partial charge is 0.136 e. The quantitative estimate of drug-likeness (QED) is 0.861. The zero-order valence-electron chi connectivity index (χ0n) is 9.85. The third kappa shape index (κ3) is 2.83. The highest BCUT2D eigenvalue weighted by molar-refractivity contribution is 7.99. The molecule has 1 aromatic rings. The van der Waals surface area contributed by atoms with Gasteiger partial charge in [0.05, 0.1) is 0 Å². The number of rotatable bonds is 3. The van der Waals surface area contributed by atoms with Crippen molar-refractivity contribution in [1.82, 2.24) is 9.97 Å². The molecule has 0 spiro atoms. The van der Waals surface area contributed by atoms with E-state index in [1.165, 1.54) is 37.2 Å². The van der Waals surface area contributed by atoms with E-state index in [0.717, 1.165) is 11.6 Å². The molecule has 0 atom stereocenters. The van der Waals surface area contributed by atoms with Crippen molar-refractivity contribution in [2.24, 2.45) is 0 Å². The lowest BCUT2D eigenvalue weighted by molar-refractivity contribution is 0.662. The normalized spacial score (nSPS) is 21.4. The van der Waals surface area contributed by atoms with Crippen LogP contribution >= 0.6 is 11.8 Å². The monoisotopic (exact) mass is 250 g/mol. The Balaban J connectivity index is 1.72. The second kappa shape index (κ2) is 4.72. The number of nitrogens with one attached hydrogen (secondary N) is 1. The Morgan fingerprint density at radius 3 is 2.65 bits per heavy atom. The summed E-state index contributed by atoms with van der Waals surface area (Å²) >= 11 is 2.03. The molecule has 2 fully saturated rings. The minimum atomic E-state index is 0.553. The molecule has 2 aliphatic rings. The van der Waals surface area contributed by atoms with Crippen molar-refractivity contribution < 1.29 is 0 Å². The first kappa shape index (κ1) is 11.1. The number of nitrogens with zero attached hydrogens (tertiary/aromatic N) is 2. The van der Waals surface area contributed by atoms with Crippen LogP contribution in [0.1, 0.15) is 37.4 Å². The van der Waals surface area contributed by atoms with Gasteiger partial charge in [-0.15, -0.1) is 0 Å². The summed E-state index contributed by atoms with van der Waals surface area (Å²) < 4.78 is 0. The second-order valence-corrected chi connectivity index (χ2v) is 6.07. The largest absolute Gasteiger partial charge is 0.384 e. The Kier molecular flexibility index (Phi) is 3.09. The summed E-state index contributed by atoms with van der Waals surface area (Å²) in [6.07, 6.45) is 4.85. The van der Waals surface area contributed by atoms with Crippen molar-refractivity contribution in [1.29, 1.82) is 0 Å². The zero-order chi connectivity index (χ0) is 11.7. The molecule has 5 heteroatoms. The molecule has 0 bridgehead atoms. The summed E-state index contributed by atoms with van der Waals surface area (Å²) in [7, 11) is 0. The van der Waals surface area contributed by atoms with Crippen LogP contribution in [-0.4, -0.2) is 27.5 Å². The van der Waals surface area contributed by atoms with Crippen LogP contribution in [0.3, 0.4) is 0 Å². The Bertz CT molecular complexity index is 399. The molecule has 17 heavy (non-hydrogen) atoms. The van der Waals surface area contributed by atoms with Crippen LogP contribution in [0.5, 0.6) is 0 Å². The Labute approximate surface area is 106 Å². The molecule has 1 aromatic heterocycles. The fraction of sp³-hybridized carbons (Fsp3) is 0.667. The van der Waals surface area contributed by atoms with Crippen LogP contribution in [0.25, 0.3) is 0 Å². The van der Waals surface area contributed by atoms with Gasteiger partial charge in [0.15, 0.2) is 0 Å². The van der Waals surface area contributed by atoms with Gasteiger partial charge in [-0.3, -0.25) is 0 Å². The molecule has 0 amide bonds. The van der Waals surface area contributed by atoms with Gasteiger partial charge < -0.3 is 11.1 Å². The van der Waals surface area contributed by atoms with E-state index in [9.17, 15) is 0 Å². The molecule has 3 rings (SSSR count). The van der Waals surface area contributed by atoms with E-state index in [-0.39, 0.29) is 0 Å². The van der Waals surface area contributed by atoms with E-state index >= 15 is 0 Å². The van der Waals surface area contributed by atoms with E-state index in [0.29, 0.717) is 17.8 Å². The average Bonchev–Trinajstić information content (AvgIpc) is 3.13. The minimum Gasteiger partial charge on any atom is -0.384 e. The third-order valence-corrected chi connectivity index (χ3v) is 4.33. The molecule has 4 nitrogen and oxygen atoms in total. The molecule has 0 unspecified atom stereocenters. The van der Waals surface area contributed by atoms with Crippen LogP contribution in [0.2, 0.25) is 0 Å². The average molecular weight is 250 g/mol. The maximum Gasteiger partial charge on any atom is 0.136 e. The molecule has 1 saturated carbocycles. The molecule has 0 radical (unpaired) electrons. The molecule has 1 aliphatic heterocycles. The van der Waals surface area contributed by atoms with Crippen molar-refractivity contribution in [3.8, 4) is 0 Å². The summed E-state index contributed by atoms with van der Waals surface area (Å²) in [6.45, 7) is 0.